The number of piperidine rings is 1. The van der Waals surface area contributed by atoms with E-state index in [9.17, 15) is 4.79 Å². The molecule has 0 unspecified atom stereocenters. The van der Waals surface area contributed by atoms with Crippen LogP contribution in [0, 0.1) is 5.92 Å². The molecule has 112 valence electrons. The van der Waals surface area contributed by atoms with Crippen LogP contribution in [0.1, 0.15) is 23.2 Å². The van der Waals surface area contributed by atoms with Crippen molar-refractivity contribution in [3.63, 3.8) is 0 Å². The summed E-state index contributed by atoms with van der Waals surface area (Å²) >= 11 is 0. The van der Waals surface area contributed by atoms with Crippen LogP contribution in [-0.4, -0.2) is 37.6 Å². The molecule has 0 atom stereocenters. The number of nitrogens with one attached hydrogen (secondary N) is 1. The fourth-order valence-corrected chi connectivity index (χ4v) is 2.52. The summed E-state index contributed by atoms with van der Waals surface area (Å²) in [5, 5.41) is 3.27. The van der Waals surface area contributed by atoms with Gasteiger partial charge in [0.05, 0.1) is 0 Å². The summed E-state index contributed by atoms with van der Waals surface area (Å²) in [7, 11) is 0. The molecule has 0 aliphatic carbocycles. The molecule has 2 aliphatic rings. The molecule has 0 bridgehead atoms. The number of carbonyl (C=O) groups excluding carboxylic acids is 1. The maximum absolute atomic E-state index is 12.4. The predicted molar refractivity (Wildman–Crippen MR) is 78.2 cm³/mol. The second-order valence-electron chi connectivity index (χ2n) is 4.75. The standard InChI is InChI=1S/C14H17NO3.ClH.H2O/c16-14(10-3-5-15-6-4-10)11-1-2-12-13(9-11)18-8-7-17-12;;/h1-2,9-10,15H,3-8H2;1H;1H2. The molecule has 0 aromatic heterocycles. The Morgan fingerprint density at radius 3 is 2.45 bits per heavy atom. The first-order valence-corrected chi connectivity index (χ1v) is 6.49. The summed E-state index contributed by atoms with van der Waals surface area (Å²) in [4.78, 5) is 12.4. The summed E-state index contributed by atoms with van der Waals surface area (Å²) in [6.45, 7) is 2.99. The first-order valence-electron chi connectivity index (χ1n) is 6.49. The Kier molecular flexibility index (Phi) is 6.26. The van der Waals surface area contributed by atoms with Gasteiger partial charge in [0.15, 0.2) is 17.3 Å². The zero-order valence-corrected chi connectivity index (χ0v) is 12.0. The van der Waals surface area contributed by atoms with Gasteiger partial charge < -0.3 is 20.3 Å². The Balaban J connectivity index is 0.000001000. The van der Waals surface area contributed by atoms with E-state index >= 15 is 0 Å². The van der Waals surface area contributed by atoms with E-state index in [0.717, 1.165) is 37.2 Å². The molecule has 1 fully saturated rings. The van der Waals surface area contributed by atoms with Crippen molar-refractivity contribution in [2.75, 3.05) is 26.3 Å². The van der Waals surface area contributed by atoms with Gasteiger partial charge in [-0.15, -0.1) is 12.4 Å². The van der Waals surface area contributed by atoms with Gasteiger partial charge >= 0.3 is 0 Å². The number of ether oxygens (including phenoxy) is 2. The fourth-order valence-electron chi connectivity index (χ4n) is 2.52. The summed E-state index contributed by atoms with van der Waals surface area (Å²) in [6, 6.07) is 5.50. The highest BCUT2D eigenvalue weighted by Crippen LogP contribution is 2.32. The number of ketones is 1. The molecule has 1 aromatic carbocycles. The molecule has 3 rings (SSSR count). The molecule has 0 amide bonds. The molecule has 5 nitrogen and oxygen atoms in total. The van der Waals surface area contributed by atoms with Gasteiger partial charge in [-0.05, 0) is 44.1 Å². The van der Waals surface area contributed by atoms with Crippen LogP contribution in [0.2, 0.25) is 0 Å². The lowest BCUT2D eigenvalue weighted by molar-refractivity contribution is 0.0894. The summed E-state index contributed by atoms with van der Waals surface area (Å²) in [5.74, 6) is 1.81. The second-order valence-corrected chi connectivity index (χ2v) is 4.75. The van der Waals surface area contributed by atoms with Crippen LogP contribution in [-0.2, 0) is 0 Å². The molecule has 1 saturated heterocycles. The molecular formula is C14H20ClNO4. The average molecular weight is 302 g/mol. The Hall–Kier alpha value is -1.30. The van der Waals surface area contributed by atoms with Crippen LogP contribution >= 0.6 is 12.4 Å². The van der Waals surface area contributed by atoms with Crippen molar-refractivity contribution in [1.29, 1.82) is 0 Å². The number of carbonyl (C=O) groups is 1. The minimum atomic E-state index is 0. The second kappa shape index (κ2) is 7.47. The van der Waals surface area contributed by atoms with E-state index in [1.54, 1.807) is 0 Å². The predicted octanol–water partition coefficient (Wildman–Crippen LogP) is 1.24. The molecule has 1 aromatic rings. The molecule has 6 heteroatoms. The van der Waals surface area contributed by atoms with Gasteiger partial charge in [0, 0.05) is 11.5 Å². The lowest BCUT2D eigenvalue weighted by atomic mass is 9.89. The van der Waals surface area contributed by atoms with E-state index in [0.29, 0.717) is 19.0 Å². The van der Waals surface area contributed by atoms with E-state index in [1.165, 1.54) is 0 Å². The molecule has 2 aliphatic heterocycles. The van der Waals surface area contributed by atoms with E-state index in [1.807, 2.05) is 18.2 Å². The van der Waals surface area contributed by atoms with Crippen molar-refractivity contribution in [1.82, 2.24) is 5.32 Å². The SMILES string of the molecule is Cl.O.O=C(c1ccc2c(c1)OCCO2)C1CCNCC1. The fraction of sp³-hybridized carbons (Fsp3) is 0.500. The van der Waals surface area contributed by atoms with Crippen molar-refractivity contribution in [2.24, 2.45) is 5.92 Å². The van der Waals surface area contributed by atoms with Crippen molar-refractivity contribution >= 4 is 18.2 Å². The van der Waals surface area contributed by atoms with Crippen LogP contribution in [0.4, 0.5) is 0 Å². The Labute approximate surface area is 124 Å². The zero-order valence-electron chi connectivity index (χ0n) is 11.2. The van der Waals surface area contributed by atoms with Gasteiger partial charge in [-0.3, -0.25) is 4.79 Å². The largest absolute Gasteiger partial charge is 0.486 e. The molecule has 0 saturated carbocycles. The van der Waals surface area contributed by atoms with E-state index in [2.05, 4.69) is 5.32 Å². The number of benzene rings is 1. The normalized spacial score (nSPS) is 17.6. The minimum Gasteiger partial charge on any atom is -0.486 e. The maximum Gasteiger partial charge on any atom is 0.166 e. The molecule has 0 spiro atoms. The monoisotopic (exact) mass is 301 g/mol. The van der Waals surface area contributed by atoms with Gasteiger partial charge in [-0.25, -0.2) is 0 Å². The van der Waals surface area contributed by atoms with E-state index < -0.39 is 0 Å². The Bertz CT molecular complexity index is 460. The first kappa shape index (κ1) is 16.8. The van der Waals surface area contributed by atoms with Crippen LogP contribution in [0.15, 0.2) is 18.2 Å². The highest BCUT2D eigenvalue weighted by Gasteiger charge is 2.23. The number of rotatable bonds is 2. The third-order valence-corrected chi connectivity index (χ3v) is 3.54. The number of fused-ring (bicyclic) bond motifs is 1. The van der Waals surface area contributed by atoms with E-state index in [4.69, 9.17) is 9.47 Å². The lowest BCUT2D eigenvalue weighted by Gasteiger charge is -2.23. The smallest absolute Gasteiger partial charge is 0.166 e. The van der Waals surface area contributed by atoms with Gasteiger partial charge in [0.25, 0.3) is 0 Å². The first-order chi connectivity index (χ1) is 8.84. The third kappa shape index (κ3) is 3.42. The van der Waals surface area contributed by atoms with Crippen LogP contribution in [0.3, 0.4) is 0 Å². The topological polar surface area (TPSA) is 79.1 Å². The van der Waals surface area contributed by atoms with Crippen LogP contribution < -0.4 is 14.8 Å². The van der Waals surface area contributed by atoms with Crippen LogP contribution in [0.5, 0.6) is 11.5 Å². The van der Waals surface area contributed by atoms with Gasteiger partial charge in [0.2, 0.25) is 0 Å². The quantitative estimate of drug-likeness (QED) is 0.834. The molecule has 20 heavy (non-hydrogen) atoms. The Morgan fingerprint density at radius 1 is 1.10 bits per heavy atom. The molecular weight excluding hydrogens is 282 g/mol. The lowest BCUT2D eigenvalue weighted by Crippen LogP contribution is -2.31. The van der Waals surface area contributed by atoms with Crippen molar-refractivity contribution in [3.05, 3.63) is 23.8 Å². The molecule has 3 N–H and O–H groups in total. The number of Topliss-reactive ketones (excluding diaryl/α,β-unsaturated/α-hetero) is 1. The minimum absolute atomic E-state index is 0. The number of hydrogen-bond acceptors (Lipinski definition) is 4. The van der Waals surface area contributed by atoms with E-state index in [-0.39, 0.29) is 29.6 Å². The molecule has 0 radical (unpaired) electrons. The summed E-state index contributed by atoms with van der Waals surface area (Å²) in [6.07, 6.45) is 1.85. The maximum atomic E-state index is 12.4. The summed E-state index contributed by atoms with van der Waals surface area (Å²) < 4.78 is 11.0. The summed E-state index contributed by atoms with van der Waals surface area (Å²) in [5.41, 5.74) is 0.742. The van der Waals surface area contributed by atoms with Crippen molar-refractivity contribution in [3.8, 4) is 11.5 Å². The Morgan fingerprint density at radius 2 is 1.75 bits per heavy atom. The number of halogens is 1. The highest BCUT2D eigenvalue weighted by molar-refractivity contribution is 5.98. The zero-order chi connectivity index (χ0) is 12.4. The van der Waals surface area contributed by atoms with Crippen molar-refractivity contribution in [2.45, 2.75) is 12.8 Å². The van der Waals surface area contributed by atoms with Gasteiger partial charge in [-0.2, -0.15) is 0 Å². The number of hydrogen-bond donors (Lipinski definition) is 1. The molecule has 2 heterocycles. The van der Waals surface area contributed by atoms with Gasteiger partial charge in [0.1, 0.15) is 13.2 Å². The third-order valence-electron chi connectivity index (χ3n) is 3.54. The van der Waals surface area contributed by atoms with Gasteiger partial charge in [-0.1, -0.05) is 0 Å². The average Bonchev–Trinajstić information content (AvgIpc) is 2.47. The van der Waals surface area contributed by atoms with Crippen LogP contribution in [0.25, 0.3) is 0 Å². The van der Waals surface area contributed by atoms with Crippen molar-refractivity contribution < 1.29 is 19.7 Å². The highest BCUT2D eigenvalue weighted by atomic mass is 35.5.